The third-order valence-electron chi connectivity index (χ3n) is 3.65. The van der Waals surface area contributed by atoms with Crippen LogP contribution in [0.5, 0.6) is 0 Å². The molecule has 110 valence electrons. The second-order valence-electron chi connectivity index (χ2n) is 5.55. The predicted octanol–water partition coefficient (Wildman–Crippen LogP) is 0.701. The van der Waals surface area contributed by atoms with Crippen molar-refractivity contribution in [3.05, 3.63) is 0 Å². The molecule has 1 N–H and O–H groups in total. The second-order valence-corrected chi connectivity index (χ2v) is 5.55. The molecular weight excluding hydrogens is 242 g/mol. The van der Waals surface area contributed by atoms with E-state index in [1.54, 1.807) is 0 Å². The number of amides is 2. The molecule has 0 aromatic rings. The second kappa shape index (κ2) is 7.48. The van der Waals surface area contributed by atoms with Gasteiger partial charge in [-0.25, -0.2) is 0 Å². The van der Waals surface area contributed by atoms with Gasteiger partial charge in [0.05, 0.1) is 6.54 Å². The van der Waals surface area contributed by atoms with Crippen molar-refractivity contribution in [2.45, 2.75) is 40.2 Å². The van der Waals surface area contributed by atoms with Crippen LogP contribution in [0.4, 0.5) is 0 Å². The third-order valence-corrected chi connectivity index (χ3v) is 3.65. The maximum absolute atomic E-state index is 12.0. The van der Waals surface area contributed by atoms with Gasteiger partial charge in [-0.15, -0.1) is 0 Å². The highest BCUT2D eigenvalue weighted by Gasteiger charge is 2.25. The Kier molecular flexibility index (Phi) is 6.28. The minimum absolute atomic E-state index is 0.0364. The fourth-order valence-corrected chi connectivity index (χ4v) is 2.06. The molecule has 5 nitrogen and oxygen atoms in total. The topological polar surface area (TPSA) is 52.7 Å². The Balaban J connectivity index is 2.33. The molecule has 1 aliphatic rings. The van der Waals surface area contributed by atoms with E-state index in [1.165, 1.54) is 0 Å². The minimum atomic E-state index is 0.0364. The molecule has 1 rings (SSSR count). The Morgan fingerprint density at radius 2 is 1.58 bits per heavy atom. The van der Waals surface area contributed by atoms with Gasteiger partial charge in [0.1, 0.15) is 0 Å². The van der Waals surface area contributed by atoms with Crippen LogP contribution in [0.1, 0.15) is 34.1 Å². The smallest absolute Gasteiger partial charge is 0.236 e. The fourth-order valence-electron chi connectivity index (χ4n) is 2.06. The van der Waals surface area contributed by atoms with Crippen molar-refractivity contribution in [1.82, 2.24) is 15.1 Å². The molecule has 0 saturated carbocycles. The zero-order chi connectivity index (χ0) is 14.4. The highest BCUT2D eigenvalue weighted by molar-refractivity contribution is 5.80. The van der Waals surface area contributed by atoms with Crippen LogP contribution in [0.2, 0.25) is 0 Å². The molecule has 1 saturated heterocycles. The van der Waals surface area contributed by atoms with E-state index in [-0.39, 0.29) is 17.7 Å². The fraction of sp³-hybridized carbons (Fsp3) is 0.857. The Labute approximate surface area is 116 Å². The summed E-state index contributed by atoms with van der Waals surface area (Å²) in [7, 11) is 0. The van der Waals surface area contributed by atoms with Crippen LogP contribution in [-0.4, -0.2) is 60.4 Å². The maximum atomic E-state index is 12.0. The molecule has 0 aromatic heterocycles. The lowest BCUT2D eigenvalue weighted by atomic mass is 10.1. The summed E-state index contributed by atoms with van der Waals surface area (Å²) in [5.41, 5.74) is 0. The number of hydrogen-bond acceptors (Lipinski definition) is 3. The van der Waals surface area contributed by atoms with E-state index < -0.39 is 0 Å². The molecule has 0 spiro atoms. The van der Waals surface area contributed by atoms with Crippen molar-refractivity contribution in [2.24, 2.45) is 5.92 Å². The molecule has 1 heterocycles. The molecule has 5 heteroatoms. The molecule has 1 aliphatic heterocycles. The molecule has 2 amide bonds. The number of nitrogens with zero attached hydrogens (tertiary/aromatic N) is 2. The third kappa shape index (κ3) is 4.82. The molecule has 0 aliphatic carbocycles. The van der Waals surface area contributed by atoms with E-state index in [1.807, 2.05) is 23.6 Å². The van der Waals surface area contributed by atoms with E-state index in [0.717, 1.165) is 6.42 Å². The first-order chi connectivity index (χ1) is 8.95. The lowest BCUT2D eigenvalue weighted by molar-refractivity contribution is -0.141. The average molecular weight is 269 g/mol. The number of rotatable bonds is 5. The molecular formula is C14H27N3O2. The zero-order valence-electron chi connectivity index (χ0n) is 12.6. The Bertz CT molecular complexity index is 310. The molecule has 19 heavy (non-hydrogen) atoms. The normalized spacial score (nSPS) is 17.7. The zero-order valence-corrected chi connectivity index (χ0v) is 12.6. The number of hydrogen-bond donors (Lipinski definition) is 1. The van der Waals surface area contributed by atoms with Crippen LogP contribution >= 0.6 is 0 Å². The molecule has 0 radical (unpaired) electrons. The largest absolute Gasteiger partial charge is 0.339 e. The number of carbonyl (C=O) groups excluding carboxylic acids is 2. The predicted molar refractivity (Wildman–Crippen MR) is 75.8 cm³/mol. The SMILES string of the molecule is CCC(C)NCC(=O)N1CCN(C(=O)C(C)C)CC1. The quantitative estimate of drug-likeness (QED) is 0.799. The van der Waals surface area contributed by atoms with Gasteiger partial charge in [0.25, 0.3) is 0 Å². The number of carbonyl (C=O) groups is 2. The summed E-state index contributed by atoms with van der Waals surface area (Å²) in [6.45, 7) is 11.0. The minimum Gasteiger partial charge on any atom is -0.339 e. The van der Waals surface area contributed by atoms with Gasteiger partial charge in [0.15, 0.2) is 0 Å². The van der Waals surface area contributed by atoms with Crippen molar-refractivity contribution in [1.29, 1.82) is 0 Å². The van der Waals surface area contributed by atoms with Crippen molar-refractivity contribution < 1.29 is 9.59 Å². The molecule has 1 atom stereocenters. The highest BCUT2D eigenvalue weighted by Crippen LogP contribution is 2.07. The number of piperazine rings is 1. The van der Waals surface area contributed by atoms with E-state index >= 15 is 0 Å². The van der Waals surface area contributed by atoms with Crippen molar-refractivity contribution in [3.63, 3.8) is 0 Å². The van der Waals surface area contributed by atoms with Crippen LogP contribution < -0.4 is 5.32 Å². The van der Waals surface area contributed by atoms with Crippen LogP contribution in [0, 0.1) is 5.92 Å². The lowest BCUT2D eigenvalue weighted by Crippen LogP contribution is -2.53. The van der Waals surface area contributed by atoms with E-state index in [2.05, 4.69) is 19.2 Å². The van der Waals surface area contributed by atoms with Crippen molar-refractivity contribution in [2.75, 3.05) is 32.7 Å². The summed E-state index contributed by atoms with van der Waals surface area (Å²) in [6, 6.07) is 0.368. The molecule has 0 aromatic carbocycles. The maximum Gasteiger partial charge on any atom is 0.236 e. The van der Waals surface area contributed by atoms with Gasteiger partial charge in [0, 0.05) is 38.1 Å². The summed E-state index contributed by atoms with van der Waals surface area (Å²) in [6.07, 6.45) is 1.02. The van der Waals surface area contributed by atoms with Crippen LogP contribution in [0.15, 0.2) is 0 Å². The highest BCUT2D eigenvalue weighted by atomic mass is 16.2. The van der Waals surface area contributed by atoms with E-state index in [4.69, 9.17) is 0 Å². The molecule has 0 bridgehead atoms. The van der Waals surface area contributed by atoms with Crippen molar-refractivity contribution >= 4 is 11.8 Å². The first-order valence-corrected chi connectivity index (χ1v) is 7.25. The monoisotopic (exact) mass is 269 g/mol. The van der Waals surface area contributed by atoms with Gasteiger partial charge in [-0.2, -0.15) is 0 Å². The Hall–Kier alpha value is -1.10. The van der Waals surface area contributed by atoms with Gasteiger partial charge >= 0.3 is 0 Å². The summed E-state index contributed by atoms with van der Waals surface area (Å²) in [4.78, 5) is 27.5. The molecule has 1 fully saturated rings. The first-order valence-electron chi connectivity index (χ1n) is 7.25. The van der Waals surface area contributed by atoms with E-state index in [9.17, 15) is 9.59 Å². The lowest BCUT2D eigenvalue weighted by Gasteiger charge is -2.35. The Morgan fingerprint density at radius 3 is 2.05 bits per heavy atom. The number of nitrogens with one attached hydrogen (secondary N) is 1. The summed E-state index contributed by atoms with van der Waals surface area (Å²) in [5, 5.41) is 3.21. The van der Waals surface area contributed by atoms with Gasteiger partial charge in [-0.3, -0.25) is 9.59 Å². The van der Waals surface area contributed by atoms with Crippen LogP contribution in [0.25, 0.3) is 0 Å². The van der Waals surface area contributed by atoms with Gasteiger partial charge in [0.2, 0.25) is 11.8 Å². The summed E-state index contributed by atoms with van der Waals surface area (Å²) in [5.74, 6) is 0.357. The van der Waals surface area contributed by atoms with E-state index in [0.29, 0.717) is 38.8 Å². The van der Waals surface area contributed by atoms with Crippen LogP contribution in [0.3, 0.4) is 0 Å². The van der Waals surface area contributed by atoms with Crippen LogP contribution in [-0.2, 0) is 9.59 Å². The standard InChI is InChI=1S/C14H27N3O2/c1-5-12(4)15-10-13(18)16-6-8-17(9-7-16)14(19)11(2)3/h11-12,15H,5-10H2,1-4H3. The molecule has 1 unspecified atom stereocenters. The van der Waals surface area contributed by atoms with Gasteiger partial charge < -0.3 is 15.1 Å². The summed E-state index contributed by atoms with van der Waals surface area (Å²) < 4.78 is 0. The van der Waals surface area contributed by atoms with Gasteiger partial charge in [-0.1, -0.05) is 20.8 Å². The summed E-state index contributed by atoms with van der Waals surface area (Å²) >= 11 is 0. The Morgan fingerprint density at radius 1 is 1.05 bits per heavy atom. The first kappa shape index (κ1) is 16.0. The van der Waals surface area contributed by atoms with Gasteiger partial charge in [-0.05, 0) is 13.3 Å². The average Bonchev–Trinajstić information content (AvgIpc) is 2.43. The van der Waals surface area contributed by atoms with Crippen molar-refractivity contribution in [3.8, 4) is 0 Å².